The SMILES string of the molecule is CCC[C@H]1C[C@@H](N(CC(=O)N2CCC[C@H]2C(=O)O)c2ccccc2)CCN1C1CCCCC1. The zero-order chi connectivity index (χ0) is 23.2. The molecule has 1 saturated carbocycles. The lowest BCUT2D eigenvalue weighted by Crippen LogP contribution is -2.55. The van der Waals surface area contributed by atoms with Crippen LogP contribution in [0.2, 0.25) is 0 Å². The number of carboxylic acids is 1. The topological polar surface area (TPSA) is 64.1 Å². The minimum absolute atomic E-state index is 0.0505. The number of aliphatic carboxylic acids is 1. The molecule has 1 amide bonds. The van der Waals surface area contributed by atoms with Gasteiger partial charge in [-0.1, -0.05) is 50.8 Å². The van der Waals surface area contributed by atoms with Crippen LogP contribution < -0.4 is 4.90 Å². The van der Waals surface area contributed by atoms with Crippen LogP contribution in [0, 0.1) is 0 Å². The van der Waals surface area contributed by atoms with Crippen LogP contribution >= 0.6 is 0 Å². The van der Waals surface area contributed by atoms with E-state index in [1.54, 1.807) is 4.90 Å². The summed E-state index contributed by atoms with van der Waals surface area (Å²) in [6, 6.07) is 11.2. The molecule has 182 valence electrons. The molecule has 0 aromatic heterocycles. The van der Waals surface area contributed by atoms with E-state index in [0.717, 1.165) is 37.5 Å². The van der Waals surface area contributed by atoms with Crippen LogP contribution in [0.1, 0.15) is 77.6 Å². The Morgan fingerprint density at radius 2 is 1.76 bits per heavy atom. The lowest BCUT2D eigenvalue weighted by molar-refractivity contribution is -0.147. The number of carbonyl (C=O) groups is 2. The number of carbonyl (C=O) groups excluding carboxylic acids is 1. The van der Waals surface area contributed by atoms with E-state index in [2.05, 4.69) is 28.9 Å². The van der Waals surface area contributed by atoms with Crippen LogP contribution in [0.3, 0.4) is 0 Å². The molecular formula is C27H41N3O3. The first-order valence-corrected chi connectivity index (χ1v) is 13.2. The van der Waals surface area contributed by atoms with Gasteiger partial charge in [0.05, 0.1) is 6.54 Å². The van der Waals surface area contributed by atoms with E-state index in [4.69, 9.17) is 0 Å². The average molecular weight is 456 g/mol. The summed E-state index contributed by atoms with van der Waals surface area (Å²) in [7, 11) is 0. The summed E-state index contributed by atoms with van der Waals surface area (Å²) >= 11 is 0. The van der Waals surface area contributed by atoms with Crippen molar-refractivity contribution in [1.82, 2.24) is 9.80 Å². The van der Waals surface area contributed by atoms with Gasteiger partial charge in [-0.2, -0.15) is 0 Å². The van der Waals surface area contributed by atoms with Crippen LogP contribution in [0.4, 0.5) is 5.69 Å². The standard InChI is InChI=1S/C27H41N3O3/c1-2-10-23-19-24(16-18-28(23)21-11-5-3-6-12-21)30(22-13-7-4-8-14-22)20-26(31)29-17-9-15-25(29)27(32)33/h4,7-8,13-14,21,23-25H,2-3,5-6,9-12,15-20H2,1H3,(H,32,33)/t23-,24-,25-/m0/s1. The van der Waals surface area contributed by atoms with E-state index in [1.807, 2.05) is 18.2 Å². The van der Waals surface area contributed by atoms with Crippen molar-refractivity contribution in [2.75, 3.05) is 24.5 Å². The second-order valence-corrected chi connectivity index (χ2v) is 10.2. The van der Waals surface area contributed by atoms with E-state index in [0.29, 0.717) is 25.0 Å². The molecule has 4 rings (SSSR count). The fourth-order valence-corrected chi connectivity index (χ4v) is 6.45. The zero-order valence-corrected chi connectivity index (χ0v) is 20.2. The van der Waals surface area contributed by atoms with Crippen molar-refractivity contribution in [3.05, 3.63) is 30.3 Å². The number of nitrogens with zero attached hydrogens (tertiary/aromatic N) is 3. The molecule has 6 heteroatoms. The Balaban J connectivity index is 1.51. The summed E-state index contributed by atoms with van der Waals surface area (Å²) in [5, 5.41) is 9.57. The molecule has 1 aromatic rings. The first kappa shape index (κ1) is 24.1. The van der Waals surface area contributed by atoms with Gasteiger partial charge in [0.1, 0.15) is 6.04 Å². The Morgan fingerprint density at radius 3 is 2.45 bits per heavy atom. The van der Waals surface area contributed by atoms with Crippen molar-refractivity contribution in [2.24, 2.45) is 0 Å². The Morgan fingerprint density at radius 1 is 1.00 bits per heavy atom. The first-order chi connectivity index (χ1) is 16.1. The molecule has 2 saturated heterocycles. The number of benzene rings is 1. The van der Waals surface area contributed by atoms with Gasteiger partial charge in [0.25, 0.3) is 0 Å². The third-order valence-electron chi connectivity index (χ3n) is 8.09. The molecule has 3 atom stereocenters. The Hall–Kier alpha value is -2.08. The highest BCUT2D eigenvalue weighted by atomic mass is 16.4. The molecule has 3 fully saturated rings. The van der Waals surface area contributed by atoms with Crippen molar-refractivity contribution in [3.8, 4) is 0 Å². The number of piperidine rings is 1. The Kier molecular flexibility index (Phi) is 8.29. The van der Waals surface area contributed by atoms with E-state index < -0.39 is 12.0 Å². The normalized spacial score (nSPS) is 26.9. The summed E-state index contributed by atoms with van der Waals surface area (Å²) in [4.78, 5) is 31.6. The number of hydrogen-bond acceptors (Lipinski definition) is 4. The smallest absolute Gasteiger partial charge is 0.326 e. The molecule has 0 unspecified atom stereocenters. The molecule has 0 bridgehead atoms. The quantitative estimate of drug-likeness (QED) is 0.624. The third-order valence-corrected chi connectivity index (χ3v) is 8.09. The average Bonchev–Trinajstić information content (AvgIpc) is 3.34. The minimum atomic E-state index is -0.879. The lowest BCUT2D eigenvalue weighted by atomic mass is 9.86. The number of anilines is 1. The monoisotopic (exact) mass is 455 g/mol. The first-order valence-electron chi connectivity index (χ1n) is 13.2. The van der Waals surface area contributed by atoms with E-state index in [9.17, 15) is 14.7 Å². The molecule has 33 heavy (non-hydrogen) atoms. The van der Waals surface area contributed by atoms with Gasteiger partial charge < -0.3 is 14.9 Å². The molecule has 2 heterocycles. The maximum Gasteiger partial charge on any atom is 0.326 e. The van der Waals surface area contributed by atoms with E-state index in [-0.39, 0.29) is 12.5 Å². The van der Waals surface area contributed by atoms with Gasteiger partial charge in [-0.15, -0.1) is 0 Å². The molecule has 6 nitrogen and oxygen atoms in total. The fraction of sp³-hybridized carbons (Fsp3) is 0.704. The maximum atomic E-state index is 13.3. The van der Waals surface area contributed by atoms with E-state index >= 15 is 0 Å². The summed E-state index contributed by atoms with van der Waals surface area (Å²) in [5.74, 6) is -0.929. The van der Waals surface area contributed by atoms with Gasteiger partial charge in [-0.25, -0.2) is 4.79 Å². The summed E-state index contributed by atoms with van der Waals surface area (Å²) in [5.41, 5.74) is 1.07. The highest BCUT2D eigenvalue weighted by Crippen LogP contribution is 2.34. The van der Waals surface area contributed by atoms with Crippen LogP contribution in [-0.2, 0) is 9.59 Å². The predicted octanol–water partition coefficient (Wildman–Crippen LogP) is 4.53. The molecule has 1 aliphatic carbocycles. The number of carboxylic acid groups (broad SMARTS) is 1. The van der Waals surface area contributed by atoms with Crippen molar-refractivity contribution in [1.29, 1.82) is 0 Å². The van der Waals surface area contributed by atoms with Crippen molar-refractivity contribution >= 4 is 17.6 Å². The largest absolute Gasteiger partial charge is 0.480 e. The summed E-state index contributed by atoms with van der Waals surface area (Å²) in [6.07, 6.45) is 12.6. The molecule has 2 aliphatic heterocycles. The van der Waals surface area contributed by atoms with Gasteiger partial charge >= 0.3 is 5.97 Å². The molecule has 3 aliphatic rings. The van der Waals surface area contributed by atoms with Crippen LogP contribution in [-0.4, -0.2) is 70.6 Å². The van der Waals surface area contributed by atoms with E-state index in [1.165, 1.54) is 44.9 Å². The Labute approximate surface area is 198 Å². The van der Waals surface area contributed by atoms with Gasteiger partial charge in [-0.3, -0.25) is 9.69 Å². The van der Waals surface area contributed by atoms with Gasteiger partial charge in [-0.05, 0) is 57.1 Å². The fourth-order valence-electron chi connectivity index (χ4n) is 6.45. The summed E-state index contributed by atoms with van der Waals surface area (Å²) < 4.78 is 0. The predicted molar refractivity (Wildman–Crippen MR) is 131 cm³/mol. The minimum Gasteiger partial charge on any atom is -0.480 e. The number of rotatable bonds is 8. The number of amides is 1. The zero-order valence-electron chi connectivity index (χ0n) is 20.2. The van der Waals surface area contributed by atoms with Crippen molar-refractivity contribution in [2.45, 2.75) is 102 Å². The second kappa shape index (κ2) is 11.4. The highest BCUT2D eigenvalue weighted by molar-refractivity contribution is 5.87. The number of likely N-dealkylation sites (tertiary alicyclic amines) is 2. The third kappa shape index (κ3) is 5.71. The highest BCUT2D eigenvalue weighted by Gasteiger charge is 2.38. The van der Waals surface area contributed by atoms with Crippen molar-refractivity contribution in [3.63, 3.8) is 0 Å². The summed E-state index contributed by atoms with van der Waals surface area (Å²) in [6.45, 7) is 4.19. The van der Waals surface area contributed by atoms with Crippen LogP contribution in [0.5, 0.6) is 0 Å². The van der Waals surface area contributed by atoms with Gasteiger partial charge in [0, 0.05) is 36.9 Å². The molecule has 1 aromatic carbocycles. The van der Waals surface area contributed by atoms with Crippen LogP contribution in [0.15, 0.2) is 30.3 Å². The molecular weight excluding hydrogens is 414 g/mol. The Bertz CT molecular complexity index is 780. The van der Waals surface area contributed by atoms with Crippen LogP contribution in [0.25, 0.3) is 0 Å². The second-order valence-electron chi connectivity index (χ2n) is 10.2. The maximum absolute atomic E-state index is 13.3. The van der Waals surface area contributed by atoms with Gasteiger partial charge in [0.15, 0.2) is 0 Å². The number of hydrogen-bond donors (Lipinski definition) is 1. The number of para-hydroxylation sites is 1. The lowest BCUT2D eigenvalue weighted by Gasteiger charge is -2.48. The molecule has 0 radical (unpaired) electrons. The molecule has 1 N–H and O–H groups in total. The van der Waals surface area contributed by atoms with Crippen molar-refractivity contribution < 1.29 is 14.7 Å². The van der Waals surface area contributed by atoms with Gasteiger partial charge in [0.2, 0.25) is 5.91 Å². The molecule has 0 spiro atoms.